The lowest BCUT2D eigenvalue weighted by molar-refractivity contribution is 0.0246. The molecule has 3 heterocycles. The van der Waals surface area contributed by atoms with Crippen LogP contribution in [0.4, 0.5) is 5.69 Å². The minimum absolute atomic E-state index is 0.0770. The molecule has 39 heavy (non-hydrogen) atoms. The summed E-state index contributed by atoms with van der Waals surface area (Å²) in [6.07, 6.45) is 3.91. The highest BCUT2D eigenvalue weighted by Gasteiger charge is 2.34. The van der Waals surface area contributed by atoms with E-state index in [1.54, 1.807) is 18.2 Å². The molecule has 1 amide bonds. The van der Waals surface area contributed by atoms with Gasteiger partial charge in [0.05, 0.1) is 27.5 Å². The van der Waals surface area contributed by atoms with Crippen LogP contribution in [0.1, 0.15) is 53.4 Å². The number of piperidine rings is 1. The van der Waals surface area contributed by atoms with E-state index in [9.17, 15) is 13.6 Å². The number of rotatable bonds is 8. The number of hydrogen-bond acceptors (Lipinski definition) is 9. The molecule has 1 aliphatic heterocycles. The summed E-state index contributed by atoms with van der Waals surface area (Å²) >= 11 is 11.4. The molecular weight excluding hydrogens is 583 g/mol. The predicted molar refractivity (Wildman–Crippen MR) is 150 cm³/mol. The molecule has 2 aromatic carbocycles. The molecule has 6 rings (SSSR count). The van der Waals surface area contributed by atoms with Crippen molar-refractivity contribution in [2.45, 2.75) is 44.3 Å². The first-order valence-electron chi connectivity index (χ1n) is 12.5. The topological polar surface area (TPSA) is 121 Å². The van der Waals surface area contributed by atoms with E-state index in [0.29, 0.717) is 39.2 Å². The van der Waals surface area contributed by atoms with Crippen LogP contribution in [-0.2, 0) is 22.6 Å². The first-order chi connectivity index (χ1) is 18.9. The van der Waals surface area contributed by atoms with Gasteiger partial charge in [0.15, 0.2) is 5.69 Å². The first-order valence-corrected chi connectivity index (χ1v) is 15.1. The zero-order valence-corrected chi connectivity index (χ0v) is 23.7. The smallest absolute Gasteiger partial charge is 0.282 e. The number of nitrogens with zero attached hydrogens (tertiary/aromatic N) is 3. The molecule has 0 bridgehead atoms. The summed E-state index contributed by atoms with van der Waals surface area (Å²) in [6, 6.07) is 11.1. The Bertz CT molecular complexity index is 1540. The van der Waals surface area contributed by atoms with Crippen molar-refractivity contribution in [3.8, 4) is 11.3 Å². The average Bonchev–Trinajstić information content (AvgIpc) is 3.54. The third kappa shape index (κ3) is 5.57. The Kier molecular flexibility index (Phi) is 7.62. The predicted octanol–water partition coefficient (Wildman–Crippen LogP) is 5.85. The molecule has 13 heteroatoms. The molecule has 1 saturated heterocycles. The molecule has 1 saturated carbocycles. The van der Waals surface area contributed by atoms with Gasteiger partial charge in [0, 0.05) is 52.5 Å². The van der Waals surface area contributed by atoms with Crippen molar-refractivity contribution in [2.24, 2.45) is 0 Å². The second-order valence-electron chi connectivity index (χ2n) is 9.62. The Morgan fingerprint density at radius 3 is 2.62 bits per heavy atom. The molecule has 2 aromatic heterocycles. The number of anilines is 1. The van der Waals surface area contributed by atoms with Crippen molar-refractivity contribution in [3.63, 3.8) is 0 Å². The van der Waals surface area contributed by atoms with Crippen LogP contribution < -0.4 is 9.62 Å². The molecule has 4 aromatic rings. The van der Waals surface area contributed by atoms with Crippen molar-refractivity contribution in [2.75, 3.05) is 18.0 Å². The number of hydrogen-bond donors (Lipinski definition) is 1. The number of halogens is 2. The van der Waals surface area contributed by atoms with E-state index in [1.807, 2.05) is 22.9 Å². The maximum atomic E-state index is 12.1. The summed E-state index contributed by atoms with van der Waals surface area (Å²) < 4.78 is 40.6. The standard InChI is InChI=1S/C26H24Cl2N4O5S2/c27-19-2-1-3-20(28)22(19)23-18(25(37-29-23)14-4-5-14)13-36-16-8-10-32(11-9-16)15-6-7-17-21(12-15)38-30-24(17)26(33)31-39(34)35/h1-3,6-7,12,14,16H,4-5,8-11,13H2,(H,31,33)(H,34,35)/p-1. The molecule has 9 nitrogen and oxygen atoms in total. The van der Waals surface area contributed by atoms with Gasteiger partial charge in [0.1, 0.15) is 11.5 Å². The van der Waals surface area contributed by atoms with Crippen LogP contribution in [0.15, 0.2) is 40.9 Å². The van der Waals surface area contributed by atoms with Crippen molar-refractivity contribution in [3.05, 3.63) is 63.5 Å². The lowest BCUT2D eigenvalue weighted by Gasteiger charge is -2.33. The van der Waals surface area contributed by atoms with Gasteiger partial charge >= 0.3 is 0 Å². The Labute approximate surface area is 241 Å². The van der Waals surface area contributed by atoms with Crippen LogP contribution in [0.5, 0.6) is 0 Å². The molecule has 2 aliphatic rings. The second kappa shape index (κ2) is 11.1. The van der Waals surface area contributed by atoms with E-state index in [1.165, 1.54) is 11.5 Å². The SMILES string of the molecule is O=C(NS(=O)[O-])c1nsc2cc(N3CCC(OCc4c(-c5c(Cl)cccc5Cl)noc4C4CC4)CC3)ccc12. The van der Waals surface area contributed by atoms with Gasteiger partial charge < -0.3 is 18.7 Å². The van der Waals surface area contributed by atoms with Gasteiger partial charge in [-0.1, -0.05) is 34.4 Å². The summed E-state index contributed by atoms with van der Waals surface area (Å²) in [5.74, 6) is 0.493. The van der Waals surface area contributed by atoms with E-state index >= 15 is 0 Å². The highest BCUT2D eigenvalue weighted by Crippen LogP contribution is 2.46. The Morgan fingerprint density at radius 1 is 1.18 bits per heavy atom. The van der Waals surface area contributed by atoms with Crippen LogP contribution in [0, 0.1) is 0 Å². The summed E-state index contributed by atoms with van der Waals surface area (Å²) in [7, 11) is 0. The van der Waals surface area contributed by atoms with E-state index in [4.69, 9.17) is 32.5 Å². The molecule has 1 N–H and O–H groups in total. The third-order valence-electron chi connectivity index (χ3n) is 7.08. The van der Waals surface area contributed by atoms with Gasteiger partial charge in [-0.25, -0.2) is 0 Å². The zero-order chi connectivity index (χ0) is 27.1. The minimum Gasteiger partial charge on any atom is -0.755 e. The number of carbonyl (C=O) groups excluding carboxylic acids is 1. The molecule has 1 unspecified atom stereocenters. The van der Waals surface area contributed by atoms with Crippen LogP contribution in [0.2, 0.25) is 10.0 Å². The number of benzene rings is 2. The van der Waals surface area contributed by atoms with Crippen molar-refractivity contribution < 1.29 is 22.8 Å². The van der Waals surface area contributed by atoms with Crippen LogP contribution in [0.3, 0.4) is 0 Å². The highest BCUT2D eigenvalue weighted by molar-refractivity contribution is 7.77. The average molecular weight is 607 g/mol. The lowest BCUT2D eigenvalue weighted by atomic mass is 10.0. The fourth-order valence-electron chi connectivity index (χ4n) is 4.94. The van der Waals surface area contributed by atoms with Gasteiger partial charge in [0.25, 0.3) is 5.91 Å². The fourth-order valence-corrected chi connectivity index (χ4v) is 6.57. The molecule has 204 valence electrons. The Hall–Kier alpha value is -2.54. The fraction of sp³-hybridized carbons (Fsp3) is 0.346. The van der Waals surface area contributed by atoms with Gasteiger partial charge in [-0.15, -0.1) is 0 Å². The molecule has 0 spiro atoms. The van der Waals surface area contributed by atoms with Gasteiger partial charge in [-0.2, -0.15) is 4.37 Å². The number of fused-ring (bicyclic) bond motifs is 1. The molecule has 0 radical (unpaired) electrons. The molecule has 2 fully saturated rings. The van der Waals surface area contributed by atoms with Crippen molar-refractivity contribution >= 4 is 67.7 Å². The monoisotopic (exact) mass is 605 g/mol. The third-order valence-corrected chi connectivity index (χ3v) is 8.87. The molecule has 1 aliphatic carbocycles. The first kappa shape index (κ1) is 26.7. The molecule has 1 atom stereocenters. The van der Waals surface area contributed by atoms with E-state index in [2.05, 4.69) is 14.4 Å². The van der Waals surface area contributed by atoms with Gasteiger partial charge in [0.2, 0.25) is 0 Å². The summed E-state index contributed by atoms with van der Waals surface area (Å²) in [5.41, 5.74) is 3.37. The normalized spacial score (nSPS) is 17.1. The summed E-state index contributed by atoms with van der Waals surface area (Å²) in [4.78, 5) is 14.4. The largest absolute Gasteiger partial charge is 0.755 e. The second-order valence-corrected chi connectivity index (χ2v) is 11.9. The molecular formula is C26H23Cl2N4O5S2-. The van der Waals surface area contributed by atoms with Gasteiger partial charge in [-0.3, -0.25) is 13.7 Å². The summed E-state index contributed by atoms with van der Waals surface area (Å²) in [5, 5.41) is 6.02. The number of amides is 1. The maximum Gasteiger partial charge on any atom is 0.282 e. The highest BCUT2D eigenvalue weighted by atomic mass is 35.5. The van der Waals surface area contributed by atoms with Crippen LogP contribution in [0.25, 0.3) is 21.3 Å². The quantitative estimate of drug-likeness (QED) is 0.248. The number of nitrogens with one attached hydrogen (secondary N) is 1. The Balaban J connectivity index is 1.12. The van der Waals surface area contributed by atoms with E-state index in [0.717, 1.165) is 60.5 Å². The number of ether oxygens (including phenoxy) is 1. The van der Waals surface area contributed by atoms with Crippen molar-refractivity contribution in [1.29, 1.82) is 0 Å². The van der Waals surface area contributed by atoms with E-state index in [-0.39, 0.29) is 11.8 Å². The zero-order valence-electron chi connectivity index (χ0n) is 20.5. The summed E-state index contributed by atoms with van der Waals surface area (Å²) in [6.45, 7) is 1.99. The van der Waals surface area contributed by atoms with Crippen LogP contribution >= 0.6 is 34.7 Å². The van der Waals surface area contributed by atoms with Gasteiger partial charge in [-0.05, 0) is 67.5 Å². The number of aromatic nitrogens is 2. The minimum atomic E-state index is -2.69. The lowest BCUT2D eigenvalue weighted by Crippen LogP contribution is -2.37. The Morgan fingerprint density at radius 2 is 1.92 bits per heavy atom. The number of carbonyl (C=O) groups is 1. The van der Waals surface area contributed by atoms with Crippen molar-refractivity contribution in [1.82, 2.24) is 14.3 Å². The van der Waals surface area contributed by atoms with E-state index < -0.39 is 17.2 Å². The maximum absolute atomic E-state index is 12.1. The van der Waals surface area contributed by atoms with Crippen LogP contribution in [-0.4, -0.2) is 43.4 Å².